The first-order chi connectivity index (χ1) is 12.2. The monoisotopic (exact) mass is 344 g/mol. The van der Waals surface area contributed by atoms with Gasteiger partial charge >= 0.3 is 0 Å². The second-order valence-electron chi connectivity index (χ2n) is 6.45. The van der Waals surface area contributed by atoms with Crippen LogP contribution in [0.2, 0.25) is 0 Å². The molecular formula is C19H24N2O4. The topological polar surface area (TPSA) is 82.8 Å². The minimum absolute atomic E-state index is 0.0450. The van der Waals surface area contributed by atoms with Crippen LogP contribution in [-0.2, 0) is 0 Å². The number of amides is 1. The molecule has 1 unspecified atom stereocenters. The van der Waals surface area contributed by atoms with Crippen molar-refractivity contribution in [3.63, 3.8) is 0 Å². The summed E-state index contributed by atoms with van der Waals surface area (Å²) >= 11 is 0. The third-order valence-electron chi connectivity index (χ3n) is 4.73. The summed E-state index contributed by atoms with van der Waals surface area (Å²) in [6, 6.07) is 8.43. The Morgan fingerprint density at radius 2 is 2.16 bits per heavy atom. The second kappa shape index (κ2) is 8.27. The van der Waals surface area contributed by atoms with E-state index in [0.717, 1.165) is 38.8 Å². The van der Waals surface area contributed by atoms with E-state index in [9.17, 15) is 14.7 Å². The number of nitrogens with zero attached hydrogens (tertiary/aromatic N) is 1. The molecule has 6 nitrogen and oxygen atoms in total. The Hall–Kier alpha value is -2.18. The fourth-order valence-electron chi connectivity index (χ4n) is 3.34. The van der Waals surface area contributed by atoms with Crippen molar-refractivity contribution >= 4 is 16.9 Å². The van der Waals surface area contributed by atoms with Crippen molar-refractivity contribution in [2.75, 3.05) is 26.2 Å². The zero-order valence-electron chi connectivity index (χ0n) is 14.2. The summed E-state index contributed by atoms with van der Waals surface area (Å²) < 4.78 is 5.52. The number of benzene rings is 1. The van der Waals surface area contributed by atoms with Gasteiger partial charge in [0.2, 0.25) is 0 Å². The van der Waals surface area contributed by atoms with Crippen LogP contribution in [0.4, 0.5) is 0 Å². The van der Waals surface area contributed by atoms with Gasteiger partial charge in [0.1, 0.15) is 5.58 Å². The number of aliphatic hydroxyl groups is 1. The summed E-state index contributed by atoms with van der Waals surface area (Å²) in [7, 11) is 0. The molecule has 1 saturated heterocycles. The van der Waals surface area contributed by atoms with Gasteiger partial charge < -0.3 is 14.8 Å². The van der Waals surface area contributed by atoms with E-state index in [4.69, 9.17) is 4.42 Å². The van der Waals surface area contributed by atoms with Crippen molar-refractivity contribution in [2.24, 2.45) is 0 Å². The van der Waals surface area contributed by atoms with Gasteiger partial charge in [-0.15, -0.1) is 0 Å². The van der Waals surface area contributed by atoms with Gasteiger partial charge in [-0.25, -0.2) is 0 Å². The molecular weight excluding hydrogens is 320 g/mol. The molecule has 1 amide bonds. The van der Waals surface area contributed by atoms with E-state index in [-0.39, 0.29) is 23.7 Å². The predicted octanol–water partition coefficient (Wildman–Crippen LogP) is 1.76. The summed E-state index contributed by atoms with van der Waals surface area (Å²) in [5.41, 5.74) is 0.209. The third-order valence-corrected chi connectivity index (χ3v) is 4.73. The SMILES string of the molecule is O=C(NCCCCN1CCCC1CO)c1cc(=O)c2ccccc2o1. The molecule has 1 aromatic heterocycles. The normalized spacial score (nSPS) is 17.9. The number of para-hydroxylation sites is 1. The number of carbonyl (C=O) groups excluding carboxylic acids is 1. The number of rotatable bonds is 7. The average Bonchev–Trinajstić information content (AvgIpc) is 3.08. The molecule has 1 aliphatic rings. The first-order valence-corrected chi connectivity index (χ1v) is 8.85. The van der Waals surface area contributed by atoms with Crippen molar-refractivity contribution in [3.8, 4) is 0 Å². The van der Waals surface area contributed by atoms with Crippen LogP contribution >= 0.6 is 0 Å². The summed E-state index contributed by atoms with van der Waals surface area (Å²) in [6.07, 6.45) is 4.01. The van der Waals surface area contributed by atoms with Gasteiger partial charge in [0.05, 0.1) is 12.0 Å². The highest BCUT2D eigenvalue weighted by molar-refractivity contribution is 5.93. The zero-order chi connectivity index (χ0) is 17.6. The molecule has 2 heterocycles. The Kier molecular flexibility index (Phi) is 5.83. The Balaban J connectivity index is 1.47. The van der Waals surface area contributed by atoms with Crippen LogP contribution in [0, 0.1) is 0 Å². The maximum absolute atomic E-state index is 12.2. The van der Waals surface area contributed by atoms with Crippen LogP contribution in [0.3, 0.4) is 0 Å². The average molecular weight is 344 g/mol. The zero-order valence-corrected chi connectivity index (χ0v) is 14.2. The summed E-state index contributed by atoms with van der Waals surface area (Å²) in [5, 5.41) is 12.6. The highest BCUT2D eigenvalue weighted by Gasteiger charge is 2.22. The Labute approximate surface area is 146 Å². The predicted molar refractivity (Wildman–Crippen MR) is 95.7 cm³/mol. The van der Waals surface area contributed by atoms with Gasteiger partial charge in [0.15, 0.2) is 11.2 Å². The highest BCUT2D eigenvalue weighted by atomic mass is 16.3. The number of fused-ring (bicyclic) bond motifs is 1. The van der Waals surface area contributed by atoms with Crippen LogP contribution in [-0.4, -0.2) is 48.2 Å². The molecule has 134 valence electrons. The summed E-state index contributed by atoms with van der Waals surface area (Å²) in [6.45, 7) is 2.73. The molecule has 3 rings (SSSR count). The molecule has 0 aliphatic carbocycles. The largest absolute Gasteiger partial charge is 0.451 e. The van der Waals surface area contributed by atoms with Gasteiger partial charge in [-0.3, -0.25) is 14.5 Å². The minimum Gasteiger partial charge on any atom is -0.451 e. The standard InChI is InChI=1S/C19H24N2O4/c22-13-14-6-5-11-21(14)10-4-3-9-20-19(24)18-12-16(23)15-7-1-2-8-17(15)25-18/h1-2,7-8,12,14,22H,3-6,9-11,13H2,(H,20,24). The van der Waals surface area contributed by atoms with E-state index in [0.29, 0.717) is 23.6 Å². The Bertz CT molecular complexity index is 786. The maximum Gasteiger partial charge on any atom is 0.287 e. The second-order valence-corrected chi connectivity index (χ2v) is 6.45. The van der Waals surface area contributed by atoms with Gasteiger partial charge in [0, 0.05) is 18.7 Å². The number of nitrogens with one attached hydrogen (secondary N) is 1. The van der Waals surface area contributed by atoms with Crippen LogP contribution in [0.25, 0.3) is 11.0 Å². The minimum atomic E-state index is -0.364. The van der Waals surface area contributed by atoms with E-state index in [2.05, 4.69) is 10.2 Å². The molecule has 2 aromatic rings. The van der Waals surface area contributed by atoms with Crippen LogP contribution < -0.4 is 10.7 Å². The molecule has 0 saturated carbocycles. The third kappa shape index (κ3) is 4.27. The van der Waals surface area contributed by atoms with Crippen molar-refractivity contribution in [1.82, 2.24) is 10.2 Å². The van der Waals surface area contributed by atoms with Gasteiger partial charge in [-0.1, -0.05) is 12.1 Å². The lowest BCUT2D eigenvalue weighted by Gasteiger charge is -2.22. The van der Waals surface area contributed by atoms with Crippen molar-refractivity contribution < 1.29 is 14.3 Å². The number of hydrogen-bond acceptors (Lipinski definition) is 5. The first kappa shape index (κ1) is 17.6. The lowest BCUT2D eigenvalue weighted by molar-refractivity contribution is 0.0925. The van der Waals surface area contributed by atoms with Crippen molar-refractivity contribution in [1.29, 1.82) is 0 Å². The molecule has 0 spiro atoms. The molecule has 1 atom stereocenters. The maximum atomic E-state index is 12.2. The van der Waals surface area contributed by atoms with Crippen LogP contribution in [0.1, 0.15) is 36.2 Å². The highest BCUT2D eigenvalue weighted by Crippen LogP contribution is 2.17. The molecule has 1 aromatic carbocycles. The lowest BCUT2D eigenvalue weighted by atomic mass is 10.2. The van der Waals surface area contributed by atoms with Crippen molar-refractivity contribution in [3.05, 3.63) is 46.3 Å². The first-order valence-electron chi connectivity index (χ1n) is 8.85. The van der Waals surface area contributed by atoms with E-state index in [1.54, 1.807) is 24.3 Å². The Morgan fingerprint density at radius 1 is 1.32 bits per heavy atom. The molecule has 6 heteroatoms. The van der Waals surface area contributed by atoms with Crippen LogP contribution in [0.15, 0.2) is 39.5 Å². The lowest BCUT2D eigenvalue weighted by Crippen LogP contribution is -2.33. The summed E-state index contributed by atoms with van der Waals surface area (Å²) in [5.74, 6) is -0.319. The number of unbranched alkanes of at least 4 members (excludes halogenated alkanes) is 1. The van der Waals surface area contributed by atoms with Crippen molar-refractivity contribution in [2.45, 2.75) is 31.7 Å². The molecule has 1 fully saturated rings. The van der Waals surface area contributed by atoms with E-state index in [1.165, 1.54) is 6.07 Å². The van der Waals surface area contributed by atoms with E-state index in [1.807, 2.05) is 0 Å². The van der Waals surface area contributed by atoms with E-state index >= 15 is 0 Å². The number of hydrogen-bond donors (Lipinski definition) is 2. The number of aliphatic hydroxyl groups excluding tert-OH is 1. The molecule has 1 aliphatic heterocycles. The Morgan fingerprint density at radius 3 is 3.00 bits per heavy atom. The van der Waals surface area contributed by atoms with E-state index < -0.39 is 0 Å². The fourth-order valence-corrected chi connectivity index (χ4v) is 3.34. The molecule has 2 N–H and O–H groups in total. The molecule has 0 radical (unpaired) electrons. The molecule has 25 heavy (non-hydrogen) atoms. The van der Waals surface area contributed by atoms with Gasteiger partial charge in [-0.2, -0.15) is 0 Å². The summed E-state index contributed by atoms with van der Waals surface area (Å²) in [4.78, 5) is 26.5. The van der Waals surface area contributed by atoms with Gasteiger partial charge in [0.25, 0.3) is 5.91 Å². The number of likely N-dealkylation sites (tertiary alicyclic amines) is 1. The van der Waals surface area contributed by atoms with Gasteiger partial charge in [-0.05, 0) is 50.9 Å². The molecule has 0 bridgehead atoms. The smallest absolute Gasteiger partial charge is 0.287 e. The fraction of sp³-hybridized carbons (Fsp3) is 0.474. The number of carbonyl (C=O) groups is 1. The van der Waals surface area contributed by atoms with Crippen LogP contribution in [0.5, 0.6) is 0 Å². The quantitative estimate of drug-likeness (QED) is 0.748.